The maximum absolute atomic E-state index is 15.2. The van der Waals surface area contributed by atoms with Gasteiger partial charge in [0.15, 0.2) is 33.0 Å². The molecule has 18 heteroatoms. The van der Waals surface area contributed by atoms with E-state index in [2.05, 4.69) is 0 Å². The molecule has 11 nitrogen and oxygen atoms in total. The summed E-state index contributed by atoms with van der Waals surface area (Å²) in [7, 11) is 1.28. The number of imide groups is 2. The fraction of sp³-hybridized carbons (Fsp3) is 0.273. The molecular formula is C33H20Cl2F5N3O8. The van der Waals surface area contributed by atoms with Crippen LogP contribution in [0.5, 0.6) is 11.5 Å². The van der Waals surface area contributed by atoms with Gasteiger partial charge in [-0.2, -0.15) is 0 Å². The quantitative estimate of drug-likeness (QED) is 0.0505. The number of phenols is 1. The van der Waals surface area contributed by atoms with E-state index in [1.807, 2.05) is 0 Å². The molecule has 2 aliphatic carbocycles. The molecule has 264 valence electrons. The van der Waals surface area contributed by atoms with Crippen LogP contribution in [-0.2, 0) is 19.2 Å². The summed E-state index contributed by atoms with van der Waals surface area (Å²) in [6, 6.07) is 8.39. The van der Waals surface area contributed by atoms with E-state index in [1.54, 1.807) is 0 Å². The third kappa shape index (κ3) is 4.41. The second kappa shape index (κ2) is 11.5. The maximum atomic E-state index is 15.2. The number of hydrogen-bond acceptors (Lipinski definition) is 8. The van der Waals surface area contributed by atoms with Crippen LogP contribution in [0.3, 0.4) is 0 Å². The highest BCUT2D eigenvalue weighted by Gasteiger charge is 2.77. The molecule has 1 saturated carbocycles. The lowest BCUT2D eigenvalue weighted by Crippen LogP contribution is -2.60. The molecule has 3 aromatic rings. The minimum absolute atomic E-state index is 0.102. The van der Waals surface area contributed by atoms with Gasteiger partial charge in [-0.15, -0.1) is 23.2 Å². The summed E-state index contributed by atoms with van der Waals surface area (Å²) in [4.78, 5) is 62.0. The fourth-order valence-corrected chi connectivity index (χ4v) is 8.73. The number of allylic oxidation sites excluding steroid dienone is 2. The number of halogens is 7. The van der Waals surface area contributed by atoms with Crippen LogP contribution in [0.2, 0.25) is 0 Å². The standard InChI is InChI=1S/C33H20Cl2F5N3O8/c1-51-14-5-6-16(19(44)10-14)21-15-7-8-17-20(29(46)41(28(17)45)12-3-2-4-13(9-12)43(49)50)18(15)11-32(34)30(47)42(31(48)33(21,32)35)27-25(39)23(37)22(36)24(38)26(27)40/h2-7,9-10,17-18,20-21,44H,8,11H2,1H3/t17-,18+,20-,21+,32+,33-/m0/s1. The first-order valence-corrected chi connectivity index (χ1v) is 15.7. The summed E-state index contributed by atoms with van der Waals surface area (Å²) in [5.74, 6) is -23.5. The molecule has 7 rings (SSSR count). The molecule has 0 bridgehead atoms. The number of benzene rings is 3. The Kier molecular flexibility index (Phi) is 7.72. The molecule has 0 unspecified atom stereocenters. The molecule has 2 saturated heterocycles. The molecule has 0 spiro atoms. The van der Waals surface area contributed by atoms with E-state index >= 15 is 8.78 Å². The first-order chi connectivity index (χ1) is 24.0. The summed E-state index contributed by atoms with van der Waals surface area (Å²) < 4.78 is 78.4. The number of rotatable bonds is 5. The van der Waals surface area contributed by atoms with Gasteiger partial charge in [0, 0.05) is 29.7 Å². The van der Waals surface area contributed by atoms with Gasteiger partial charge in [-0.1, -0.05) is 23.8 Å². The van der Waals surface area contributed by atoms with E-state index in [-0.39, 0.29) is 33.9 Å². The Balaban J connectivity index is 1.43. The first-order valence-electron chi connectivity index (χ1n) is 15.0. The number of nitrogens with zero attached hydrogens (tertiary/aromatic N) is 3. The number of nitro groups is 1. The van der Waals surface area contributed by atoms with Crippen molar-refractivity contribution in [3.8, 4) is 11.5 Å². The second-order valence-corrected chi connectivity index (χ2v) is 13.6. The van der Waals surface area contributed by atoms with Crippen LogP contribution in [-0.4, -0.2) is 50.5 Å². The van der Waals surface area contributed by atoms with Crippen LogP contribution < -0.4 is 14.5 Å². The molecule has 6 atom stereocenters. The van der Waals surface area contributed by atoms with E-state index in [0.29, 0.717) is 0 Å². The number of alkyl halides is 2. The number of carbonyl (C=O) groups is 4. The first kappa shape index (κ1) is 34.4. The predicted molar refractivity (Wildman–Crippen MR) is 167 cm³/mol. The number of fused-ring (bicyclic) bond motifs is 4. The van der Waals surface area contributed by atoms with Crippen molar-refractivity contribution in [2.24, 2.45) is 17.8 Å². The molecule has 51 heavy (non-hydrogen) atoms. The number of hydrogen-bond donors (Lipinski definition) is 1. The molecule has 3 aromatic carbocycles. The Hall–Kier alpha value is -5.09. The van der Waals surface area contributed by atoms with Crippen LogP contribution in [0.15, 0.2) is 54.1 Å². The highest BCUT2D eigenvalue weighted by atomic mass is 35.5. The molecule has 0 radical (unpaired) electrons. The van der Waals surface area contributed by atoms with Gasteiger partial charge < -0.3 is 9.84 Å². The van der Waals surface area contributed by atoms with Crippen molar-refractivity contribution in [1.29, 1.82) is 0 Å². The molecule has 4 aliphatic rings. The minimum atomic E-state index is -2.83. The molecule has 0 aromatic heterocycles. The zero-order chi connectivity index (χ0) is 37.1. The zero-order valence-electron chi connectivity index (χ0n) is 25.6. The number of amides is 4. The normalized spacial score (nSPS) is 28.4. The predicted octanol–water partition coefficient (Wildman–Crippen LogP) is 5.77. The summed E-state index contributed by atoms with van der Waals surface area (Å²) in [5, 5.41) is 22.6. The van der Waals surface area contributed by atoms with E-state index in [4.69, 9.17) is 27.9 Å². The van der Waals surface area contributed by atoms with Gasteiger partial charge in [0.25, 0.3) is 17.5 Å². The summed E-state index contributed by atoms with van der Waals surface area (Å²) in [6.45, 7) is 0. The van der Waals surface area contributed by atoms with Crippen LogP contribution in [0.1, 0.15) is 24.3 Å². The van der Waals surface area contributed by atoms with Gasteiger partial charge in [-0.25, -0.2) is 31.8 Å². The third-order valence-corrected chi connectivity index (χ3v) is 11.5. The highest BCUT2D eigenvalue weighted by molar-refractivity contribution is 6.58. The number of methoxy groups -OCH3 is 1. The van der Waals surface area contributed by atoms with Crippen molar-refractivity contribution in [3.05, 3.63) is 98.9 Å². The van der Waals surface area contributed by atoms with Gasteiger partial charge in [0.05, 0.1) is 29.6 Å². The van der Waals surface area contributed by atoms with Crippen molar-refractivity contribution in [2.45, 2.75) is 28.5 Å². The number of carbonyl (C=O) groups excluding carboxylic acids is 4. The van der Waals surface area contributed by atoms with Crippen LogP contribution in [0, 0.1) is 57.0 Å². The molecule has 3 fully saturated rings. The third-order valence-electron chi connectivity index (χ3n) is 10.1. The number of nitro benzene ring substituents is 1. The molecule has 2 aliphatic heterocycles. The monoisotopic (exact) mass is 751 g/mol. The maximum Gasteiger partial charge on any atom is 0.271 e. The SMILES string of the molecule is COc1ccc([C@H]2C3=CC[C@@H]4C(=O)N(c5cccc([N+](=O)[O-])c5)C(=O)[C@@H]4[C@@H]3C[C@@]3(Cl)C(=O)N(c4c(F)c(F)c(F)c(F)c4F)C(=O)[C@@]23Cl)c(O)c1. The fourth-order valence-electron chi connectivity index (χ4n) is 7.81. The van der Waals surface area contributed by atoms with Crippen LogP contribution >= 0.6 is 23.2 Å². The van der Waals surface area contributed by atoms with Gasteiger partial charge >= 0.3 is 0 Å². The number of aromatic hydroxyl groups is 1. The molecule has 4 amide bonds. The topological polar surface area (TPSA) is 147 Å². The average molecular weight is 752 g/mol. The van der Waals surface area contributed by atoms with Crippen LogP contribution in [0.4, 0.5) is 39.0 Å². The number of non-ortho nitro benzene ring substituents is 1. The molecule has 1 N–H and O–H groups in total. The van der Waals surface area contributed by atoms with E-state index in [1.165, 1.54) is 37.5 Å². The van der Waals surface area contributed by atoms with Crippen molar-refractivity contribution < 1.29 is 55.9 Å². The Morgan fingerprint density at radius 1 is 0.882 bits per heavy atom. The highest BCUT2D eigenvalue weighted by Crippen LogP contribution is 2.67. The Morgan fingerprint density at radius 2 is 1.53 bits per heavy atom. The van der Waals surface area contributed by atoms with Crippen molar-refractivity contribution >= 4 is 63.9 Å². The smallest absolute Gasteiger partial charge is 0.271 e. The summed E-state index contributed by atoms with van der Waals surface area (Å²) in [5.41, 5.74) is -2.59. The van der Waals surface area contributed by atoms with Crippen molar-refractivity contribution in [1.82, 2.24) is 0 Å². The lowest BCUT2D eigenvalue weighted by Gasteiger charge is -2.50. The van der Waals surface area contributed by atoms with E-state index in [0.717, 1.165) is 23.1 Å². The second-order valence-electron chi connectivity index (χ2n) is 12.4. The number of phenolic OH excluding ortho intramolecular Hbond substituents is 1. The Labute approximate surface area is 292 Å². The van der Waals surface area contributed by atoms with Gasteiger partial charge in [-0.05, 0) is 30.9 Å². The Bertz CT molecular complexity index is 2160. The zero-order valence-corrected chi connectivity index (χ0v) is 27.1. The van der Waals surface area contributed by atoms with Crippen molar-refractivity contribution in [3.63, 3.8) is 0 Å². The lowest BCUT2D eigenvalue weighted by molar-refractivity contribution is -0.384. The van der Waals surface area contributed by atoms with Gasteiger partial charge in [0.2, 0.25) is 17.6 Å². The lowest BCUT2D eigenvalue weighted by atomic mass is 9.56. The van der Waals surface area contributed by atoms with Gasteiger partial charge in [-0.3, -0.25) is 29.3 Å². The molecule has 2 heterocycles. The van der Waals surface area contributed by atoms with Gasteiger partial charge in [0.1, 0.15) is 17.2 Å². The van der Waals surface area contributed by atoms with Crippen molar-refractivity contribution in [2.75, 3.05) is 16.9 Å². The molecular weight excluding hydrogens is 732 g/mol. The van der Waals surface area contributed by atoms with Crippen LogP contribution in [0.25, 0.3) is 0 Å². The minimum Gasteiger partial charge on any atom is -0.508 e. The van der Waals surface area contributed by atoms with E-state index in [9.17, 15) is 47.6 Å². The summed E-state index contributed by atoms with van der Waals surface area (Å²) >= 11 is 14.1. The van der Waals surface area contributed by atoms with E-state index < -0.39 is 115 Å². The number of ether oxygens (including phenoxy) is 1. The Morgan fingerprint density at radius 3 is 2.14 bits per heavy atom. The largest absolute Gasteiger partial charge is 0.508 e. The average Bonchev–Trinajstić information content (AvgIpc) is 3.44. The number of anilines is 2. The summed E-state index contributed by atoms with van der Waals surface area (Å²) in [6.07, 6.45) is 0.504.